The summed E-state index contributed by atoms with van der Waals surface area (Å²) in [6.45, 7) is -0.172. The third kappa shape index (κ3) is 2.73. The molecule has 0 bridgehead atoms. The van der Waals surface area contributed by atoms with Crippen molar-refractivity contribution >= 4 is 6.29 Å². The van der Waals surface area contributed by atoms with Gasteiger partial charge in [0.25, 0.3) is 0 Å². The number of phenolic OH excluding ortho intramolecular Hbond substituents is 1. The number of hydrogen-bond donors (Lipinski definition) is 4. The van der Waals surface area contributed by atoms with Gasteiger partial charge in [0.1, 0.15) is 12.4 Å². The molecule has 0 heterocycles. The Kier molecular flexibility index (Phi) is 4.45. The van der Waals surface area contributed by atoms with Gasteiger partial charge in [-0.2, -0.15) is 0 Å². The Hall–Kier alpha value is -1.63. The Bertz CT molecular complexity index is 407. The van der Waals surface area contributed by atoms with E-state index < -0.39 is 12.2 Å². The van der Waals surface area contributed by atoms with E-state index in [1.807, 2.05) is 0 Å². The number of phenols is 1. The number of ether oxygens (including phenoxy) is 1. The average molecular weight is 241 g/mol. The van der Waals surface area contributed by atoms with Crippen LogP contribution >= 0.6 is 0 Å². The molecule has 2 unspecified atom stereocenters. The fourth-order valence-electron chi connectivity index (χ4n) is 1.44. The van der Waals surface area contributed by atoms with Crippen molar-refractivity contribution in [3.63, 3.8) is 0 Å². The summed E-state index contributed by atoms with van der Waals surface area (Å²) in [7, 11) is 1.32. The van der Waals surface area contributed by atoms with E-state index in [-0.39, 0.29) is 29.2 Å². The largest absolute Gasteiger partial charge is 0.504 e. The Labute approximate surface area is 98.3 Å². The monoisotopic (exact) mass is 241 g/mol. The quantitative estimate of drug-likeness (QED) is 0.520. The van der Waals surface area contributed by atoms with Crippen molar-refractivity contribution in [3.05, 3.63) is 23.3 Å². The van der Waals surface area contributed by atoms with E-state index in [1.54, 1.807) is 0 Å². The number of carbonyl (C=O) groups is 1. The second kappa shape index (κ2) is 5.62. The normalized spacial score (nSPS) is 14.1. The maximum absolute atomic E-state index is 10.7. The van der Waals surface area contributed by atoms with Gasteiger partial charge in [0.2, 0.25) is 0 Å². The Morgan fingerprint density at radius 3 is 2.59 bits per heavy atom. The molecule has 0 saturated carbocycles. The van der Waals surface area contributed by atoms with Crippen molar-refractivity contribution in [2.75, 3.05) is 13.7 Å². The van der Waals surface area contributed by atoms with E-state index in [0.29, 0.717) is 6.29 Å². The third-order valence-corrected chi connectivity index (χ3v) is 2.41. The van der Waals surface area contributed by atoms with Crippen LogP contribution in [0.25, 0.3) is 0 Å². The van der Waals surface area contributed by atoms with E-state index >= 15 is 0 Å². The van der Waals surface area contributed by atoms with Gasteiger partial charge in [-0.3, -0.25) is 4.79 Å². The van der Waals surface area contributed by atoms with E-state index in [1.165, 1.54) is 19.2 Å². The van der Waals surface area contributed by atoms with Crippen molar-refractivity contribution in [2.24, 2.45) is 5.73 Å². The maximum atomic E-state index is 10.7. The lowest BCUT2D eigenvalue weighted by molar-refractivity contribution is 0.0227. The maximum Gasteiger partial charge on any atom is 0.163 e. The lowest BCUT2D eigenvalue weighted by Crippen LogP contribution is -2.27. The van der Waals surface area contributed by atoms with Crippen molar-refractivity contribution in [1.82, 2.24) is 0 Å². The number of aromatic hydroxyl groups is 1. The fourth-order valence-corrected chi connectivity index (χ4v) is 1.44. The van der Waals surface area contributed by atoms with Gasteiger partial charge >= 0.3 is 0 Å². The van der Waals surface area contributed by atoms with Gasteiger partial charge in [0, 0.05) is 17.7 Å². The summed E-state index contributed by atoms with van der Waals surface area (Å²) < 4.78 is 4.86. The predicted octanol–water partition coefficient (Wildman–Crippen LogP) is -0.434. The van der Waals surface area contributed by atoms with E-state index in [0.717, 1.165) is 0 Å². The number of aliphatic hydroxyl groups is 2. The average Bonchev–Trinajstić information content (AvgIpc) is 2.37. The van der Waals surface area contributed by atoms with Crippen LogP contribution in [0, 0.1) is 0 Å². The number of hydrogen-bond acceptors (Lipinski definition) is 6. The summed E-state index contributed by atoms with van der Waals surface area (Å²) >= 11 is 0. The van der Waals surface area contributed by atoms with Crippen molar-refractivity contribution in [2.45, 2.75) is 12.2 Å². The molecule has 0 aromatic heterocycles. The van der Waals surface area contributed by atoms with Crippen LogP contribution in [-0.4, -0.2) is 41.4 Å². The molecule has 6 nitrogen and oxygen atoms in total. The van der Waals surface area contributed by atoms with Crippen LogP contribution in [0.4, 0.5) is 0 Å². The van der Waals surface area contributed by atoms with E-state index in [9.17, 15) is 20.1 Å². The molecule has 17 heavy (non-hydrogen) atoms. The Morgan fingerprint density at radius 2 is 2.12 bits per heavy atom. The fraction of sp³-hybridized carbons (Fsp3) is 0.364. The molecule has 0 amide bonds. The smallest absolute Gasteiger partial charge is 0.163 e. The lowest BCUT2D eigenvalue weighted by Gasteiger charge is -2.19. The topological polar surface area (TPSA) is 113 Å². The van der Waals surface area contributed by atoms with Crippen molar-refractivity contribution in [3.8, 4) is 11.5 Å². The number of benzene rings is 1. The number of carbonyl (C=O) groups excluding carboxylic acids is 1. The van der Waals surface area contributed by atoms with Crippen LogP contribution in [0.2, 0.25) is 0 Å². The molecule has 0 fully saturated rings. The minimum absolute atomic E-state index is 0.00407. The molecular weight excluding hydrogens is 226 g/mol. The lowest BCUT2D eigenvalue weighted by atomic mass is 10.0. The zero-order chi connectivity index (χ0) is 13.0. The first-order chi connectivity index (χ1) is 8.04. The molecule has 94 valence electrons. The highest BCUT2D eigenvalue weighted by Gasteiger charge is 2.23. The summed E-state index contributed by atoms with van der Waals surface area (Å²) in [5.74, 6) is -0.272. The first kappa shape index (κ1) is 13.4. The molecule has 2 atom stereocenters. The summed E-state index contributed by atoms with van der Waals surface area (Å²) in [4.78, 5) is 10.7. The number of nitrogens with two attached hydrogens (primary N) is 1. The van der Waals surface area contributed by atoms with Gasteiger partial charge in [-0.25, -0.2) is 0 Å². The number of aliphatic hydroxyl groups excluding tert-OH is 2. The molecule has 0 aliphatic rings. The zero-order valence-electron chi connectivity index (χ0n) is 9.33. The number of rotatable bonds is 5. The predicted molar refractivity (Wildman–Crippen MR) is 60.1 cm³/mol. The van der Waals surface area contributed by atoms with Gasteiger partial charge in [0.05, 0.1) is 13.2 Å². The van der Waals surface area contributed by atoms with Gasteiger partial charge < -0.3 is 25.8 Å². The molecule has 6 heteroatoms. The first-order valence-corrected chi connectivity index (χ1v) is 4.97. The molecule has 1 aromatic carbocycles. The molecule has 5 N–H and O–H groups in total. The Balaban J connectivity index is 3.26. The van der Waals surface area contributed by atoms with Crippen LogP contribution < -0.4 is 10.5 Å². The standard InChI is InChI=1S/C11H15NO5/c1-17-9-3-6(5-13)2-7(11(9)16)10(15)8(14)4-12/h2-3,5,8,10,14-16H,4,12H2,1H3. The van der Waals surface area contributed by atoms with Crippen LogP contribution in [0.15, 0.2) is 12.1 Å². The van der Waals surface area contributed by atoms with Gasteiger partial charge in [-0.05, 0) is 12.1 Å². The number of aldehydes is 1. The Morgan fingerprint density at radius 1 is 1.47 bits per heavy atom. The molecule has 0 saturated heterocycles. The summed E-state index contributed by atoms with van der Waals surface area (Å²) in [5, 5.41) is 28.9. The minimum Gasteiger partial charge on any atom is -0.504 e. The van der Waals surface area contributed by atoms with Crippen LogP contribution in [-0.2, 0) is 0 Å². The van der Waals surface area contributed by atoms with Gasteiger partial charge in [-0.1, -0.05) is 0 Å². The molecule has 1 rings (SSSR count). The summed E-state index contributed by atoms with van der Waals surface area (Å²) in [6.07, 6.45) is -2.06. The highest BCUT2D eigenvalue weighted by atomic mass is 16.5. The highest BCUT2D eigenvalue weighted by molar-refractivity contribution is 5.77. The van der Waals surface area contributed by atoms with E-state index in [4.69, 9.17) is 10.5 Å². The zero-order valence-corrected chi connectivity index (χ0v) is 9.33. The molecular formula is C11H15NO5. The van der Waals surface area contributed by atoms with Crippen molar-refractivity contribution < 1.29 is 24.9 Å². The molecule has 0 aliphatic carbocycles. The SMILES string of the molecule is COc1cc(C=O)cc(C(O)C(O)CN)c1O. The number of methoxy groups -OCH3 is 1. The van der Waals surface area contributed by atoms with Crippen LogP contribution in [0.5, 0.6) is 11.5 Å². The summed E-state index contributed by atoms with van der Waals surface area (Å²) in [6, 6.07) is 2.60. The molecule has 1 aromatic rings. The minimum atomic E-state index is -1.38. The van der Waals surface area contributed by atoms with Crippen molar-refractivity contribution in [1.29, 1.82) is 0 Å². The summed E-state index contributed by atoms with van der Waals surface area (Å²) in [5.41, 5.74) is 5.43. The third-order valence-electron chi connectivity index (χ3n) is 2.41. The first-order valence-electron chi connectivity index (χ1n) is 4.97. The molecule has 0 spiro atoms. The molecule has 0 radical (unpaired) electrons. The van der Waals surface area contributed by atoms with Gasteiger partial charge in [-0.15, -0.1) is 0 Å². The van der Waals surface area contributed by atoms with Crippen LogP contribution in [0.3, 0.4) is 0 Å². The van der Waals surface area contributed by atoms with Gasteiger partial charge in [0.15, 0.2) is 11.5 Å². The van der Waals surface area contributed by atoms with E-state index in [2.05, 4.69) is 0 Å². The second-order valence-corrected chi connectivity index (χ2v) is 3.53. The van der Waals surface area contributed by atoms with Crippen LogP contribution in [0.1, 0.15) is 22.0 Å². The molecule has 0 aliphatic heterocycles. The highest BCUT2D eigenvalue weighted by Crippen LogP contribution is 2.35. The second-order valence-electron chi connectivity index (χ2n) is 3.53.